The van der Waals surface area contributed by atoms with Crippen LogP contribution in [0.3, 0.4) is 0 Å². The van der Waals surface area contributed by atoms with Crippen LogP contribution in [0.2, 0.25) is 0 Å². The molecule has 2 atom stereocenters. The molecule has 2 rings (SSSR count). The molecule has 0 radical (unpaired) electrons. The first kappa shape index (κ1) is 11.0. The summed E-state index contributed by atoms with van der Waals surface area (Å²) in [5, 5.41) is 10.9. The van der Waals surface area contributed by atoms with Crippen molar-refractivity contribution in [1.82, 2.24) is 0 Å². The summed E-state index contributed by atoms with van der Waals surface area (Å²) in [5.74, 6) is 1.06. The fraction of sp³-hybridized carbons (Fsp3) is 0.538. The quantitative estimate of drug-likeness (QED) is 0.788. The summed E-state index contributed by atoms with van der Waals surface area (Å²) in [6.45, 7) is 6.33. The molecule has 0 bridgehead atoms. The van der Waals surface area contributed by atoms with E-state index in [1.807, 2.05) is 11.8 Å². The van der Waals surface area contributed by atoms with Gasteiger partial charge in [-0.25, -0.2) is 0 Å². The van der Waals surface area contributed by atoms with Gasteiger partial charge in [0.05, 0.1) is 0 Å². The third kappa shape index (κ3) is 1.81. The molecular weight excluding hydrogens is 204 g/mol. The Kier molecular flexibility index (Phi) is 2.82. The van der Waals surface area contributed by atoms with E-state index in [0.29, 0.717) is 5.25 Å². The summed E-state index contributed by atoms with van der Waals surface area (Å²) in [6, 6.07) is 6.32. The van der Waals surface area contributed by atoms with Crippen LogP contribution in [0, 0.1) is 13.8 Å². The summed E-state index contributed by atoms with van der Waals surface area (Å²) >= 11 is 1.86. The van der Waals surface area contributed by atoms with Crippen molar-refractivity contribution in [1.29, 1.82) is 0 Å². The maximum atomic E-state index is 10.6. The lowest BCUT2D eigenvalue weighted by atomic mass is 9.87. The van der Waals surface area contributed by atoms with Gasteiger partial charge in [0, 0.05) is 5.25 Å². The van der Waals surface area contributed by atoms with Crippen LogP contribution in [0.15, 0.2) is 18.2 Å². The fourth-order valence-electron chi connectivity index (χ4n) is 2.12. The molecule has 1 N–H and O–H groups in total. The lowest BCUT2D eigenvalue weighted by Crippen LogP contribution is -2.31. The number of aliphatic hydroxyl groups is 1. The summed E-state index contributed by atoms with van der Waals surface area (Å²) < 4.78 is 0. The highest BCUT2D eigenvalue weighted by Gasteiger charge is 2.40. The van der Waals surface area contributed by atoms with Crippen molar-refractivity contribution in [2.24, 2.45) is 0 Å². The molecule has 0 aliphatic carbocycles. The van der Waals surface area contributed by atoms with Gasteiger partial charge in [0.1, 0.15) is 5.60 Å². The van der Waals surface area contributed by atoms with Crippen LogP contribution in [0.1, 0.15) is 30.0 Å². The smallest absolute Gasteiger partial charge is 0.102 e. The first-order valence-electron chi connectivity index (χ1n) is 5.46. The van der Waals surface area contributed by atoms with Gasteiger partial charge in [-0.3, -0.25) is 0 Å². The zero-order valence-corrected chi connectivity index (χ0v) is 10.4. The molecule has 1 aliphatic heterocycles. The minimum atomic E-state index is -0.608. The van der Waals surface area contributed by atoms with Gasteiger partial charge in [0.2, 0.25) is 0 Å². The molecule has 1 aliphatic rings. The van der Waals surface area contributed by atoms with Crippen LogP contribution in [-0.2, 0) is 5.60 Å². The zero-order valence-electron chi connectivity index (χ0n) is 9.58. The Morgan fingerprint density at radius 3 is 2.60 bits per heavy atom. The van der Waals surface area contributed by atoms with Gasteiger partial charge in [-0.2, -0.15) is 11.8 Å². The molecular formula is C13H18OS. The second-order valence-corrected chi connectivity index (χ2v) is 5.94. The van der Waals surface area contributed by atoms with Gasteiger partial charge >= 0.3 is 0 Å². The minimum absolute atomic E-state index is 0.305. The molecule has 0 saturated carbocycles. The molecule has 15 heavy (non-hydrogen) atoms. The Hall–Kier alpha value is -0.470. The standard InChI is InChI=1S/C13H18OS/c1-9-4-5-12(8-10(9)2)13(14)6-7-15-11(13)3/h4-5,8,11,14H,6-7H2,1-3H3. The molecule has 0 amide bonds. The summed E-state index contributed by atoms with van der Waals surface area (Å²) in [4.78, 5) is 0. The molecule has 1 aromatic carbocycles. The van der Waals surface area contributed by atoms with Crippen LogP contribution < -0.4 is 0 Å². The maximum absolute atomic E-state index is 10.6. The van der Waals surface area contributed by atoms with Crippen LogP contribution in [0.5, 0.6) is 0 Å². The fourth-order valence-corrected chi connectivity index (χ4v) is 3.43. The summed E-state index contributed by atoms with van der Waals surface area (Å²) in [5.41, 5.74) is 3.04. The van der Waals surface area contributed by atoms with Gasteiger partial charge in [0.15, 0.2) is 0 Å². The molecule has 0 spiro atoms. The first-order valence-corrected chi connectivity index (χ1v) is 6.50. The summed E-state index contributed by atoms with van der Waals surface area (Å²) in [6.07, 6.45) is 0.876. The average molecular weight is 222 g/mol. The summed E-state index contributed by atoms with van der Waals surface area (Å²) in [7, 11) is 0. The van der Waals surface area contributed by atoms with Crippen molar-refractivity contribution >= 4 is 11.8 Å². The van der Waals surface area contributed by atoms with E-state index in [-0.39, 0.29) is 0 Å². The topological polar surface area (TPSA) is 20.2 Å². The highest BCUT2D eigenvalue weighted by atomic mass is 32.2. The van der Waals surface area contributed by atoms with E-state index in [0.717, 1.165) is 17.7 Å². The van der Waals surface area contributed by atoms with Crippen LogP contribution >= 0.6 is 11.8 Å². The van der Waals surface area contributed by atoms with Crippen molar-refractivity contribution in [3.05, 3.63) is 34.9 Å². The molecule has 82 valence electrons. The van der Waals surface area contributed by atoms with Gasteiger partial charge in [-0.05, 0) is 42.7 Å². The molecule has 1 heterocycles. The second-order valence-electron chi connectivity index (χ2n) is 4.49. The van der Waals surface area contributed by atoms with Crippen molar-refractivity contribution < 1.29 is 5.11 Å². The third-order valence-corrected chi connectivity index (χ3v) is 4.86. The number of rotatable bonds is 1. The van der Waals surface area contributed by atoms with Crippen molar-refractivity contribution in [3.8, 4) is 0 Å². The number of hydrogen-bond acceptors (Lipinski definition) is 2. The van der Waals surface area contributed by atoms with Gasteiger partial charge in [-0.1, -0.05) is 25.1 Å². The number of benzene rings is 1. The lowest BCUT2D eigenvalue weighted by molar-refractivity contribution is 0.0426. The molecule has 1 fully saturated rings. The number of aryl methyl sites for hydroxylation is 2. The van der Waals surface area contributed by atoms with Crippen LogP contribution in [-0.4, -0.2) is 16.1 Å². The maximum Gasteiger partial charge on any atom is 0.102 e. The highest BCUT2D eigenvalue weighted by Crippen LogP contribution is 2.43. The molecule has 2 heteroatoms. The van der Waals surface area contributed by atoms with E-state index in [4.69, 9.17) is 0 Å². The average Bonchev–Trinajstić information content (AvgIpc) is 2.53. The zero-order chi connectivity index (χ0) is 11.1. The van der Waals surface area contributed by atoms with E-state index >= 15 is 0 Å². The molecule has 1 saturated heterocycles. The Balaban J connectivity index is 2.40. The molecule has 1 nitrogen and oxygen atoms in total. The number of hydrogen-bond donors (Lipinski definition) is 1. The molecule has 2 unspecified atom stereocenters. The monoisotopic (exact) mass is 222 g/mol. The molecule has 0 aromatic heterocycles. The lowest BCUT2D eigenvalue weighted by Gasteiger charge is -2.28. The third-order valence-electron chi connectivity index (χ3n) is 3.53. The van der Waals surface area contributed by atoms with E-state index in [1.165, 1.54) is 11.1 Å². The second kappa shape index (κ2) is 3.84. The Bertz CT molecular complexity index is 375. The van der Waals surface area contributed by atoms with Crippen molar-refractivity contribution in [2.75, 3.05) is 5.75 Å². The Labute approximate surface area is 95.9 Å². The molecule has 1 aromatic rings. The van der Waals surface area contributed by atoms with E-state index in [9.17, 15) is 5.11 Å². The van der Waals surface area contributed by atoms with Crippen LogP contribution in [0.4, 0.5) is 0 Å². The normalized spacial score (nSPS) is 30.8. The highest BCUT2D eigenvalue weighted by molar-refractivity contribution is 8.00. The van der Waals surface area contributed by atoms with Crippen LogP contribution in [0.25, 0.3) is 0 Å². The predicted molar refractivity (Wildman–Crippen MR) is 66.3 cm³/mol. The number of thioether (sulfide) groups is 1. The first-order chi connectivity index (χ1) is 7.04. The van der Waals surface area contributed by atoms with Crippen molar-refractivity contribution in [3.63, 3.8) is 0 Å². The van der Waals surface area contributed by atoms with Crippen molar-refractivity contribution in [2.45, 2.75) is 38.0 Å². The van der Waals surface area contributed by atoms with E-state index in [2.05, 4.69) is 39.0 Å². The SMILES string of the molecule is Cc1ccc(C2(O)CCSC2C)cc1C. The van der Waals surface area contributed by atoms with Gasteiger partial charge < -0.3 is 5.11 Å². The predicted octanol–water partition coefficient (Wildman–Crippen LogP) is 3.02. The van der Waals surface area contributed by atoms with E-state index in [1.54, 1.807) is 0 Å². The minimum Gasteiger partial charge on any atom is -0.384 e. The van der Waals surface area contributed by atoms with Gasteiger partial charge in [0.25, 0.3) is 0 Å². The Morgan fingerprint density at radius 1 is 1.33 bits per heavy atom. The van der Waals surface area contributed by atoms with E-state index < -0.39 is 5.60 Å². The Morgan fingerprint density at radius 2 is 2.07 bits per heavy atom. The van der Waals surface area contributed by atoms with Gasteiger partial charge in [-0.15, -0.1) is 0 Å². The largest absolute Gasteiger partial charge is 0.384 e.